The monoisotopic (exact) mass is 597 g/mol. The lowest BCUT2D eigenvalue weighted by Crippen LogP contribution is -2.34. The number of nitrogens with one attached hydrogen (secondary N) is 4. The van der Waals surface area contributed by atoms with Gasteiger partial charge >= 0.3 is 0 Å². The molecular weight excluding hydrogens is 562 g/mol. The van der Waals surface area contributed by atoms with Gasteiger partial charge in [0.2, 0.25) is 5.91 Å². The number of rotatable bonds is 11. The Morgan fingerprint density at radius 3 is 1.93 bits per heavy atom. The molecule has 0 fully saturated rings. The zero-order chi connectivity index (χ0) is 32.1. The first kappa shape index (κ1) is 32.7. The second-order valence-electron chi connectivity index (χ2n) is 9.41. The number of methoxy groups -OCH3 is 2. The smallest absolute Gasteiger partial charge is 0.300 e. The molecule has 0 saturated carbocycles. The number of carbonyl (C=O) groups is 3. The molecule has 0 saturated heterocycles. The van der Waals surface area contributed by atoms with Gasteiger partial charge in [0.05, 0.1) is 19.9 Å². The van der Waals surface area contributed by atoms with Crippen molar-refractivity contribution < 1.29 is 29.0 Å². The third-order valence-corrected chi connectivity index (χ3v) is 6.23. The summed E-state index contributed by atoms with van der Waals surface area (Å²) in [5.74, 6) is -0.784. The topological polar surface area (TPSA) is 176 Å². The first-order chi connectivity index (χ1) is 21.1. The van der Waals surface area contributed by atoms with E-state index >= 15 is 0 Å². The van der Waals surface area contributed by atoms with Crippen molar-refractivity contribution in [1.82, 2.24) is 5.32 Å². The van der Waals surface area contributed by atoms with Gasteiger partial charge in [0, 0.05) is 41.9 Å². The minimum atomic E-state index is -0.947. The number of anilines is 2. The molecule has 4 aromatic carbocycles. The van der Waals surface area contributed by atoms with E-state index in [-0.39, 0.29) is 17.6 Å². The van der Waals surface area contributed by atoms with E-state index in [1.807, 2.05) is 36.4 Å². The Kier molecular flexibility index (Phi) is 11.9. The third kappa shape index (κ3) is 9.35. The summed E-state index contributed by atoms with van der Waals surface area (Å²) in [5.41, 5.74) is 9.00. The maximum absolute atomic E-state index is 13.7. The van der Waals surface area contributed by atoms with Gasteiger partial charge in [-0.2, -0.15) is 0 Å². The van der Waals surface area contributed by atoms with E-state index in [1.54, 1.807) is 60.7 Å². The number of nitrogen functional groups attached to an aromatic ring is 1. The van der Waals surface area contributed by atoms with Crippen LogP contribution in [0.1, 0.15) is 40.0 Å². The molecule has 1 unspecified atom stereocenters. The normalized spacial score (nSPS) is 10.7. The Hall–Kier alpha value is -5.84. The quantitative estimate of drug-likeness (QED) is 0.106. The van der Waals surface area contributed by atoms with Crippen molar-refractivity contribution in [2.75, 3.05) is 24.9 Å². The molecule has 0 bridgehead atoms. The zero-order valence-corrected chi connectivity index (χ0v) is 24.6. The summed E-state index contributed by atoms with van der Waals surface area (Å²) in [7, 11) is 3.00. The summed E-state index contributed by atoms with van der Waals surface area (Å²) in [6.45, 7) is 1.39. The SMILES string of the molecule is CC(=O)O.COc1cc(NC(=O)c2ccccc2)c(C(Nc2ccc(C(=N)N)cc2)C(=O)NCc2ccccc2)cc1OC. The molecule has 0 aromatic heterocycles. The van der Waals surface area contributed by atoms with Crippen molar-refractivity contribution in [2.45, 2.75) is 19.5 Å². The highest BCUT2D eigenvalue weighted by atomic mass is 16.5. The number of carboxylic acids is 1. The van der Waals surface area contributed by atoms with Crippen molar-refractivity contribution in [1.29, 1.82) is 5.41 Å². The number of hydrogen-bond donors (Lipinski definition) is 6. The van der Waals surface area contributed by atoms with Crippen LogP contribution in [0.5, 0.6) is 11.5 Å². The summed E-state index contributed by atoms with van der Waals surface area (Å²) in [5, 5.41) is 24.3. The lowest BCUT2D eigenvalue weighted by atomic mass is 10.0. The van der Waals surface area contributed by atoms with Crippen molar-refractivity contribution in [3.63, 3.8) is 0 Å². The fraction of sp³-hybridized carbons (Fsp3) is 0.152. The van der Waals surface area contributed by atoms with E-state index in [9.17, 15) is 9.59 Å². The summed E-state index contributed by atoms with van der Waals surface area (Å²) < 4.78 is 11.0. The van der Waals surface area contributed by atoms with Crippen LogP contribution in [0.2, 0.25) is 0 Å². The summed E-state index contributed by atoms with van der Waals surface area (Å²) in [6, 6.07) is 27.5. The number of carbonyl (C=O) groups excluding carboxylic acids is 2. The lowest BCUT2D eigenvalue weighted by Gasteiger charge is -2.24. The van der Waals surface area contributed by atoms with Gasteiger partial charge in [-0.1, -0.05) is 48.5 Å². The molecule has 0 aliphatic heterocycles. The molecule has 2 amide bonds. The molecular formula is C33H35N5O6. The van der Waals surface area contributed by atoms with Gasteiger partial charge in [0.1, 0.15) is 11.9 Å². The first-order valence-electron chi connectivity index (χ1n) is 13.5. The number of nitrogens with two attached hydrogens (primary N) is 1. The molecule has 11 nitrogen and oxygen atoms in total. The van der Waals surface area contributed by atoms with E-state index in [2.05, 4.69) is 16.0 Å². The van der Waals surface area contributed by atoms with Crippen LogP contribution in [0.4, 0.5) is 11.4 Å². The molecule has 1 atom stereocenters. The van der Waals surface area contributed by atoms with Gasteiger partial charge in [-0.25, -0.2) is 0 Å². The molecule has 0 aliphatic carbocycles. The van der Waals surface area contributed by atoms with Crippen molar-refractivity contribution in [2.24, 2.45) is 5.73 Å². The van der Waals surface area contributed by atoms with Crippen molar-refractivity contribution in [3.05, 3.63) is 119 Å². The molecule has 7 N–H and O–H groups in total. The van der Waals surface area contributed by atoms with Gasteiger partial charge in [0.25, 0.3) is 11.9 Å². The summed E-state index contributed by atoms with van der Waals surface area (Å²) >= 11 is 0. The van der Waals surface area contributed by atoms with Gasteiger partial charge in [-0.15, -0.1) is 0 Å². The molecule has 0 radical (unpaired) electrons. The van der Waals surface area contributed by atoms with Crippen LogP contribution in [-0.4, -0.2) is 42.9 Å². The Bertz CT molecular complexity index is 1570. The van der Waals surface area contributed by atoms with Crippen molar-refractivity contribution in [3.8, 4) is 11.5 Å². The Morgan fingerprint density at radius 1 is 0.841 bits per heavy atom. The highest BCUT2D eigenvalue weighted by Crippen LogP contribution is 2.38. The van der Waals surface area contributed by atoms with Gasteiger partial charge in [-0.3, -0.25) is 19.8 Å². The van der Waals surface area contributed by atoms with Crippen LogP contribution in [0.3, 0.4) is 0 Å². The third-order valence-electron chi connectivity index (χ3n) is 6.23. The van der Waals surface area contributed by atoms with Crippen LogP contribution in [0.15, 0.2) is 97.1 Å². The summed E-state index contributed by atoms with van der Waals surface area (Å²) in [6.07, 6.45) is 0. The highest BCUT2D eigenvalue weighted by molar-refractivity contribution is 6.05. The van der Waals surface area contributed by atoms with Gasteiger partial charge in [0.15, 0.2) is 11.5 Å². The molecule has 0 spiro atoms. The number of amides is 2. The van der Waals surface area contributed by atoms with E-state index in [0.717, 1.165) is 12.5 Å². The maximum atomic E-state index is 13.7. The number of hydrogen-bond acceptors (Lipinski definition) is 7. The fourth-order valence-electron chi connectivity index (χ4n) is 4.11. The predicted molar refractivity (Wildman–Crippen MR) is 169 cm³/mol. The second-order valence-corrected chi connectivity index (χ2v) is 9.41. The van der Waals surface area contributed by atoms with Crippen LogP contribution >= 0.6 is 0 Å². The van der Waals surface area contributed by atoms with Crippen LogP contribution in [0, 0.1) is 5.41 Å². The molecule has 44 heavy (non-hydrogen) atoms. The minimum Gasteiger partial charge on any atom is -0.493 e. The van der Waals surface area contributed by atoms with E-state index in [0.29, 0.717) is 46.1 Å². The highest BCUT2D eigenvalue weighted by Gasteiger charge is 2.27. The fourth-order valence-corrected chi connectivity index (χ4v) is 4.11. The molecule has 0 aliphatic rings. The van der Waals surface area contributed by atoms with Gasteiger partial charge < -0.3 is 36.3 Å². The Morgan fingerprint density at radius 2 is 1.39 bits per heavy atom. The Labute approximate surface area is 255 Å². The molecule has 4 rings (SSSR count). The number of amidine groups is 1. The Balaban J connectivity index is 0.00000124. The number of ether oxygens (including phenoxy) is 2. The maximum Gasteiger partial charge on any atom is 0.300 e. The second kappa shape index (κ2) is 16.0. The van der Waals surface area contributed by atoms with Crippen LogP contribution < -0.4 is 31.2 Å². The van der Waals surface area contributed by atoms with Crippen LogP contribution in [0.25, 0.3) is 0 Å². The zero-order valence-electron chi connectivity index (χ0n) is 24.6. The standard InChI is InChI=1S/C31H31N5O4.C2H4O2/c1-39-26-17-24(25(18-27(26)40-2)36-30(37)22-11-7-4-8-12-22)28(31(38)34-19-20-9-5-3-6-10-20)35-23-15-13-21(14-16-23)29(32)33;1-2(3)4/h3-18,28,35H,19H2,1-2H3,(H3,32,33)(H,34,38)(H,36,37);1H3,(H,3,4). The van der Waals surface area contributed by atoms with Gasteiger partial charge in [-0.05, 0) is 48.0 Å². The average molecular weight is 598 g/mol. The van der Waals surface area contributed by atoms with Crippen LogP contribution in [-0.2, 0) is 16.1 Å². The largest absolute Gasteiger partial charge is 0.493 e. The number of aliphatic carboxylic acids is 1. The molecule has 4 aromatic rings. The molecule has 0 heterocycles. The number of benzene rings is 4. The minimum absolute atomic E-state index is 0.0606. The van der Waals surface area contributed by atoms with E-state index in [4.69, 9.17) is 30.5 Å². The lowest BCUT2D eigenvalue weighted by molar-refractivity contribution is -0.134. The van der Waals surface area contributed by atoms with Crippen molar-refractivity contribution >= 4 is 35.0 Å². The van der Waals surface area contributed by atoms with E-state index in [1.165, 1.54) is 14.2 Å². The number of carboxylic acid groups (broad SMARTS) is 1. The first-order valence-corrected chi connectivity index (χ1v) is 13.5. The van der Waals surface area contributed by atoms with E-state index < -0.39 is 12.0 Å². The average Bonchev–Trinajstić information content (AvgIpc) is 3.03. The molecule has 11 heteroatoms. The molecule has 228 valence electrons. The predicted octanol–water partition coefficient (Wildman–Crippen LogP) is 4.80. The summed E-state index contributed by atoms with van der Waals surface area (Å²) in [4.78, 5) is 35.9.